The Labute approximate surface area is 86.0 Å². The summed E-state index contributed by atoms with van der Waals surface area (Å²) in [4.78, 5) is 11.5. The van der Waals surface area contributed by atoms with Crippen LogP contribution in [0, 0.1) is 0 Å². The van der Waals surface area contributed by atoms with Gasteiger partial charge in [-0.2, -0.15) is 0 Å². The Bertz CT molecular complexity index is 190. The first kappa shape index (κ1) is 11.1. The van der Waals surface area contributed by atoms with Crippen molar-refractivity contribution in [1.82, 2.24) is 0 Å². The average molecular weight is 220 g/mol. The van der Waals surface area contributed by atoms with E-state index in [9.17, 15) is 4.79 Å². The number of carbonyl (C=O) groups excluding carboxylic acids is 1. The molecule has 0 spiro atoms. The van der Waals surface area contributed by atoms with Crippen molar-refractivity contribution < 1.29 is 13.7 Å². The number of rotatable bonds is 2. The van der Waals surface area contributed by atoms with E-state index in [-0.39, 0.29) is 5.97 Å². The Kier molecular flexibility index (Phi) is 3.82. The van der Waals surface area contributed by atoms with Crippen molar-refractivity contribution in [1.29, 1.82) is 0 Å². The number of thiol groups is 1. The summed E-state index contributed by atoms with van der Waals surface area (Å²) >= 11 is 3.57. The summed E-state index contributed by atoms with van der Waals surface area (Å²) in [5.41, 5.74) is 0. The maximum atomic E-state index is 11.5. The second-order valence-electron chi connectivity index (χ2n) is 3.73. The SMILES string of the molecule is C[SiH](C)C1(C(=O)OS)CCCCO1. The fraction of sp³-hybridized carbons (Fsp3) is 0.875. The van der Waals surface area contributed by atoms with Crippen molar-refractivity contribution in [3.63, 3.8) is 0 Å². The molecule has 1 aliphatic rings. The average Bonchev–Trinajstić information content (AvgIpc) is 2.17. The summed E-state index contributed by atoms with van der Waals surface area (Å²) in [6, 6.07) is 0. The number of hydrogen-bond donors (Lipinski definition) is 1. The van der Waals surface area contributed by atoms with Crippen LogP contribution in [0.3, 0.4) is 0 Å². The molecule has 5 heteroatoms. The topological polar surface area (TPSA) is 35.5 Å². The van der Waals surface area contributed by atoms with E-state index in [1.165, 1.54) is 0 Å². The van der Waals surface area contributed by atoms with E-state index < -0.39 is 14.0 Å². The first-order chi connectivity index (χ1) is 6.13. The molecule has 13 heavy (non-hydrogen) atoms. The van der Waals surface area contributed by atoms with Gasteiger partial charge in [-0.05, 0) is 19.3 Å². The molecule has 0 aromatic heterocycles. The maximum absolute atomic E-state index is 11.5. The van der Waals surface area contributed by atoms with Gasteiger partial charge < -0.3 is 8.92 Å². The van der Waals surface area contributed by atoms with Gasteiger partial charge in [0.2, 0.25) is 0 Å². The predicted molar refractivity (Wildman–Crippen MR) is 56.5 cm³/mol. The third kappa shape index (κ3) is 2.08. The van der Waals surface area contributed by atoms with E-state index in [0.29, 0.717) is 6.61 Å². The standard InChI is InChI=1S/C8H16O3SSi/c1-13(2)8(7(9)11-12)5-3-4-6-10-8/h12-13H,3-6H2,1-2H3. The van der Waals surface area contributed by atoms with Crippen LogP contribution >= 0.6 is 12.9 Å². The monoisotopic (exact) mass is 220 g/mol. The zero-order chi connectivity index (χ0) is 9.90. The third-order valence-electron chi connectivity index (χ3n) is 2.66. The lowest BCUT2D eigenvalue weighted by Crippen LogP contribution is -2.54. The van der Waals surface area contributed by atoms with Crippen molar-refractivity contribution in [3.05, 3.63) is 0 Å². The van der Waals surface area contributed by atoms with Crippen molar-refractivity contribution in [2.45, 2.75) is 37.6 Å². The highest BCUT2D eigenvalue weighted by molar-refractivity contribution is 7.75. The summed E-state index contributed by atoms with van der Waals surface area (Å²) in [7, 11) is -1.21. The normalized spacial score (nSPS) is 28.9. The molecule has 3 nitrogen and oxygen atoms in total. The third-order valence-corrected chi connectivity index (χ3v) is 5.39. The predicted octanol–water partition coefficient (Wildman–Crippen LogP) is 1.34. The lowest BCUT2D eigenvalue weighted by molar-refractivity contribution is -0.155. The molecule has 1 aliphatic heterocycles. The first-order valence-electron chi connectivity index (χ1n) is 4.63. The molecular weight excluding hydrogens is 204 g/mol. The zero-order valence-electron chi connectivity index (χ0n) is 8.08. The molecule has 0 radical (unpaired) electrons. The molecule has 1 unspecified atom stereocenters. The fourth-order valence-electron chi connectivity index (χ4n) is 1.75. The van der Waals surface area contributed by atoms with E-state index >= 15 is 0 Å². The van der Waals surface area contributed by atoms with Gasteiger partial charge in [-0.25, -0.2) is 4.79 Å². The minimum Gasteiger partial charge on any atom is -0.393 e. The zero-order valence-corrected chi connectivity index (χ0v) is 10.1. The molecule has 0 bridgehead atoms. The van der Waals surface area contributed by atoms with Gasteiger partial charge in [0.15, 0.2) is 0 Å². The molecule has 1 saturated heterocycles. The lowest BCUT2D eigenvalue weighted by Gasteiger charge is -2.36. The van der Waals surface area contributed by atoms with Gasteiger partial charge in [-0.1, -0.05) is 13.1 Å². The summed E-state index contributed by atoms with van der Waals surface area (Å²) in [5.74, 6) is -0.294. The summed E-state index contributed by atoms with van der Waals surface area (Å²) in [5, 5.41) is -0.611. The Morgan fingerprint density at radius 1 is 1.54 bits per heavy atom. The molecule has 0 aromatic carbocycles. The molecular formula is C8H16O3SSi. The maximum Gasteiger partial charge on any atom is 0.346 e. The molecule has 1 fully saturated rings. The van der Waals surface area contributed by atoms with Crippen LogP contribution in [0.1, 0.15) is 19.3 Å². The van der Waals surface area contributed by atoms with E-state index in [1.807, 2.05) is 0 Å². The van der Waals surface area contributed by atoms with Gasteiger partial charge >= 0.3 is 5.97 Å². The molecule has 0 N–H and O–H groups in total. The Hall–Kier alpha value is -0.00312. The minimum atomic E-state index is -1.21. The molecule has 1 rings (SSSR count). The van der Waals surface area contributed by atoms with E-state index in [2.05, 4.69) is 30.2 Å². The molecule has 1 heterocycles. The van der Waals surface area contributed by atoms with Crippen LogP contribution in [0.25, 0.3) is 0 Å². The van der Waals surface area contributed by atoms with Crippen LogP contribution in [0.5, 0.6) is 0 Å². The highest BCUT2D eigenvalue weighted by atomic mass is 32.1. The van der Waals surface area contributed by atoms with E-state index in [1.54, 1.807) is 0 Å². The van der Waals surface area contributed by atoms with Crippen molar-refractivity contribution in [3.8, 4) is 0 Å². The molecule has 0 aromatic rings. The van der Waals surface area contributed by atoms with Crippen LogP contribution in [0.2, 0.25) is 13.1 Å². The van der Waals surface area contributed by atoms with Crippen molar-refractivity contribution >= 4 is 27.7 Å². The van der Waals surface area contributed by atoms with Crippen LogP contribution in [0.4, 0.5) is 0 Å². The smallest absolute Gasteiger partial charge is 0.346 e. The summed E-state index contributed by atoms with van der Waals surface area (Å²) < 4.78 is 10.1. The lowest BCUT2D eigenvalue weighted by atomic mass is 10.1. The van der Waals surface area contributed by atoms with Crippen LogP contribution in [-0.2, 0) is 13.7 Å². The number of ether oxygens (including phenoxy) is 1. The number of hydrogen-bond acceptors (Lipinski definition) is 4. The largest absolute Gasteiger partial charge is 0.393 e. The molecule has 0 amide bonds. The van der Waals surface area contributed by atoms with Gasteiger partial charge in [0.25, 0.3) is 0 Å². The van der Waals surface area contributed by atoms with Gasteiger partial charge in [0, 0.05) is 19.5 Å². The van der Waals surface area contributed by atoms with E-state index in [0.717, 1.165) is 19.3 Å². The van der Waals surface area contributed by atoms with E-state index in [4.69, 9.17) is 4.74 Å². The Balaban J connectivity index is 2.79. The van der Waals surface area contributed by atoms with Crippen LogP contribution in [0.15, 0.2) is 0 Å². The number of carbonyl (C=O) groups is 1. The second kappa shape index (κ2) is 4.48. The summed E-state index contributed by atoms with van der Waals surface area (Å²) in [6.45, 7) is 4.89. The molecule has 1 atom stereocenters. The fourth-order valence-corrected chi connectivity index (χ4v) is 3.76. The molecule has 76 valence electrons. The van der Waals surface area contributed by atoms with Gasteiger partial charge in [0.1, 0.15) is 5.22 Å². The highest BCUT2D eigenvalue weighted by Gasteiger charge is 2.45. The van der Waals surface area contributed by atoms with Gasteiger partial charge in [-0.15, -0.1) is 0 Å². The first-order valence-corrected chi connectivity index (χ1v) is 7.88. The van der Waals surface area contributed by atoms with Crippen molar-refractivity contribution in [2.75, 3.05) is 6.61 Å². The molecule has 0 saturated carbocycles. The minimum absolute atomic E-state index is 0.294. The van der Waals surface area contributed by atoms with Crippen LogP contribution < -0.4 is 0 Å². The summed E-state index contributed by atoms with van der Waals surface area (Å²) in [6.07, 6.45) is 2.90. The van der Waals surface area contributed by atoms with Gasteiger partial charge in [0.05, 0.1) is 8.80 Å². The molecule has 0 aliphatic carbocycles. The highest BCUT2D eigenvalue weighted by Crippen LogP contribution is 2.29. The Morgan fingerprint density at radius 2 is 2.23 bits per heavy atom. The van der Waals surface area contributed by atoms with Gasteiger partial charge in [-0.3, -0.25) is 0 Å². The Morgan fingerprint density at radius 3 is 2.62 bits per heavy atom. The van der Waals surface area contributed by atoms with Crippen LogP contribution in [-0.4, -0.2) is 26.6 Å². The quantitative estimate of drug-likeness (QED) is 0.433. The second-order valence-corrected chi connectivity index (χ2v) is 7.15. The van der Waals surface area contributed by atoms with Crippen molar-refractivity contribution in [2.24, 2.45) is 0 Å².